The number of carbonyl (C=O) groups is 1. The van der Waals surface area contributed by atoms with E-state index in [0.717, 1.165) is 29.5 Å². The summed E-state index contributed by atoms with van der Waals surface area (Å²) in [5, 5.41) is 6.27. The van der Waals surface area contributed by atoms with Crippen molar-refractivity contribution < 1.29 is 9.53 Å². The first-order chi connectivity index (χ1) is 9.78. The van der Waals surface area contributed by atoms with Gasteiger partial charge in [0.2, 0.25) is 5.91 Å². The Morgan fingerprint density at radius 3 is 3.25 bits per heavy atom. The van der Waals surface area contributed by atoms with Gasteiger partial charge in [0.05, 0.1) is 0 Å². The number of amides is 1. The third-order valence-corrected chi connectivity index (χ3v) is 4.05. The lowest BCUT2D eigenvalue weighted by atomic mass is 10.2. The molecule has 1 aromatic rings. The highest BCUT2D eigenvalue weighted by Gasteiger charge is 2.16. The number of nitrogens with one attached hydrogen (secondary N) is 2. The van der Waals surface area contributed by atoms with Crippen LogP contribution in [0.25, 0.3) is 0 Å². The van der Waals surface area contributed by atoms with Gasteiger partial charge in [-0.3, -0.25) is 4.79 Å². The molecule has 1 fully saturated rings. The molecule has 0 aliphatic carbocycles. The quantitative estimate of drug-likeness (QED) is 0.790. The number of benzene rings is 1. The lowest BCUT2D eigenvalue weighted by molar-refractivity contribution is -0.116. The molecule has 1 unspecified atom stereocenters. The molecular weight excluding hydrogens is 272 g/mol. The summed E-state index contributed by atoms with van der Waals surface area (Å²) < 4.78 is 5.44. The smallest absolute Gasteiger partial charge is 0.225 e. The van der Waals surface area contributed by atoms with Crippen molar-refractivity contribution in [3.63, 3.8) is 0 Å². The van der Waals surface area contributed by atoms with Gasteiger partial charge in [-0.2, -0.15) is 11.8 Å². The average molecular weight is 292 g/mol. The summed E-state index contributed by atoms with van der Waals surface area (Å²) in [5.74, 6) is 2.89. The van der Waals surface area contributed by atoms with E-state index in [1.165, 1.54) is 0 Å². The van der Waals surface area contributed by atoms with Gasteiger partial charge in [-0.05, 0) is 12.1 Å². The Morgan fingerprint density at radius 2 is 2.50 bits per heavy atom. The Bertz CT molecular complexity index is 459. The number of carbonyl (C=O) groups excluding carboxylic acids is 1. The molecule has 1 aliphatic rings. The molecule has 1 atom stereocenters. The van der Waals surface area contributed by atoms with Crippen LogP contribution < -0.4 is 15.4 Å². The lowest BCUT2D eigenvalue weighted by Crippen LogP contribution is -2.39. The predicted molar refractivity (Wildman–Crippen MR) is 84.5 cm³/mol. The van der Waals surface area contributed by atoms with Crippen molar-refractivity contribution in [1.82, 2.24) is 5.32 Å². The molecule has 1 aliphatic heterocycles. The summed E-state index contributed by atoms with van der Waals surface area (Å²) in [5.41, 5.74) is 0.764. The molecular formula is C15H20N2O2S. The van der Waals surface area contributed by atoms with Gasteiger partial charge in [0.1, 0.15) is 12.4 Å². The number of hydrogen-bond acceptors (Lipinski definition) is 4. The van der Waals surface area contributed by atoms with Gasteiger partial charge in [0, 0.05) is 42.3 Å². The first kappa shape index (κ1) is 14.9. The Morgan fingerprint density at radius 1 is 1.60 bits per heavy atom. The molecule has 2 N–H and O–H groups in total. The molecule has 5 heteroatoms. The number of anilines is 1. The van der Waals surface area contributed by atoms with Crippen LogP contribution in [0.15, 0.2) is 36.9 Å². The maximum atomic E-state index is 12.0. The fraction of sp³-hybridized carbons (Fsp3) is 0.400. The molecule has 2 rings (SSSR count). The fourth-order valence-corrected chi connectivity index (χ4v) is 2.95. The van der Waals surface area contributed by atoms with Crippen molar-refractivity contribution in [3.05, 3.63) is 36.9 Å². The van der Waals surface area contributed by atoms with Crippen LogP contribution in [0.1, 0.15) is 6.42 Å². The standard InChI is InChI=1S/C15H20N2O2S/c1-2-7-19-14-5-3-4-12(9-14)17-15(18)10-13-11-20-8-6-16-13/h2-5,9,13,16H,1,6-8,10-11H2,(H,17,18). The summed E-state index contributed by atoms with van der Waals surface area (Å²) in [7, 11) is 0. The van der Waals surface area contributed by atoms with E-state index >= 15 is 0 Å². The van der Waals surface area contributed by atoms with Gasteiger partial charge in [0.15, 0.2) is 0 Å². The van der Waals surface area contributed by atoms with Gasteiger partial charge in [-0.15, -0.1) is 0 Å². The van der Waals surface area contributed by atoms with Crippen molar-refractivity contribution in [2.45, 2.75) is 12.5 Å². The fourth-order valence-electron chi connectivity index (χ4n) is 2.01. The normalized spacial score (nSPS) is 18.3. The van der Waals surface area contributed by atoms with Crippen LogP contribution >= 0.6 is 11.8 Å². The molecule has 0 saturated carbocycles. The van der Waals surface area contributed by atoms with Crippen LogP contribution in [0.3, 0.4) is 0 Å². The lowest BCUT2D eigenvalue weighted by Gasteiger charge is -2.22. The average Bonchev–Trinajstić information content (AvgIpc) is 2.46. The van der Waals surface area contributed by atoms with Crippen LogP contribution in [0, 0.1) is 0 Å². The van der Waals surface area contributed by atoms with E-state index in [9.17, 15) is 4.79 Å². The van der Waals surface area contributed by atoms with Gasteiger partial charge in [-0.1, -0.05) is 18.7 Å². The first-order valence-electron chi connectivity index (χ1n) is 6.72. The highest BCUT2D eigenvalue weighted by atomic mass is 32.2. The van der Waals surface area contributed by atoms with Gasteiger partial charge in [-0.25, -0.2) is 0 Å². The van der Waals surface area contributed by atoms with Crippen molar-refractivity contribution in [2.24, 2.45) is 0 Å². The Labute approximate surface area is 124 Å². The van der Waals surface area contributed by atoms with Crippen molar-refractivity contribution in [1.29, 1.82) is 0 Å². The van der Waals surface area contributed by atoms with E-state index in [0.29, 0.717) is 13.0 Å². The minimum Gasteiger partial charge on any atom is -0.489 e. The van der Waals surface area contributed by atoms with Gasteiger partial charge < -0.3 is 15.4 Å². The number of thioether (sulfide) groups is 1. The molecule has 20 heavy (non-hydrogen) atoms. The zero-order chi connectivity index (χ0) is 14.2. The molecule has 0 radical (unpaired) electrons. The van der Waals surface area contributed by atoms with E-state index in [-0.39, 0.29) is 11.9 Å². The number of hydrogen-bond donors (Lipinski definition) is 2. The largest absolute Gasteiger partial charge is 0.489 e. The Balaban J connectivity index is 1.85. The third kappa shape index (κ3) is 4.90. The number of rotatable bonds is 6. The van der Waals surface area contributed by atoms with Crippen LogP contribution in [0.5, 0.6) is 5.75 Å². The molecule has 0 aromatic heterocycles. The van der Waals surface area contributed by atoms with Crippen molar-refractivity contribution >= 4 is 23.4 Å². The van der Waals surface area contributed by atoms with Crippen LogP contribution in [0.2, 0.25) is 0 Å². The van der Waals surface area contributed by atoms with E-state index in [4.69, 9.17) is 4.74 Å². The molecule has 4 nitrogen and oxygen atoms in total. The minimum atomic E-state index is 0.0332. The van der Waals surface area contributed by atoms with Gasteiger partial charge in [0.25, 0.3) is 0 Å². The topological polar surface area (TPSA) is 50.4 Å². The number of ether oxygens (including phenoxy) is 1. The second-order valence-corrected chi connectivity index (χ2v) is 5.76. The Kier molecular flexibility index (Phi) is 5.95. The minimum absolute atomic E-state index is 0.0332. The summed E-state index contributed by atoms with van der Waals surface area (Å²) in [6.07, 6.45) is 2.20. The second-order valence-electron chi connectivity index (χ2n) is 4.61. The van der Waals surface area contributed by atoms with E-state index in [2.05, 4.69) is 17.2 Å². The molecule has 1 aromatic carbocycles. The Hall–Kier alpha value is -1.46. The highest BCUT2D eigenvalue weighted by Crippen LogP contribution is 2.18. The van der Waals surface area contributed by atoms with Gasteiger partial charge >= 0.3 is 0 Å². The van der Waals surface area contributed by atoms with Crippen molar-refractivity contribution in [3.8, 4) is 5.75 Å². The highest BCUT2D eigenvalue weighted by molar-refractivity contribution is 7.99. The molecule has 1 saturated heterocycles. The summed E-state index contributed by atoms with van der Waals surface area (Å²) in [4.78, 5) is 12.0. The molecule has 0 spiro atoms. The summed E-state index contributed by atoms with van der Waals surface area (Å²) in [6, 6.07) is 7.68. The van der Waals surface area contributed by atoms with Crippen LogP contribution in [-0.4, -0.2) is 36.6 Å². The SMILES string of the molecule is C=CCOc1cccc(NC(=O)CC2CSCCN2)c1. The van der Waals surface area contributed by atoms with Crippen molar-refractivity contribution in [2.75, 3.05) is 30.0 Å². The predicted octanol–water partition coefficient (Wildman–Crippen LogP) is 2.29. The monoisotopic (exact) mass is 292 g/mol. The maximum absolute atomic E-state index is 12.0. The maximum Gasteiger partial charge on any atom is 0.225 e. The summed E-state index contributed by atoms with van der Waals surface area (Å²) in [6.45, 7) is 5.05. The molecule has 0 bridgehead atoms. The zero-order valence-electron chi connectivity index (χ0n) is 11.4. The van der Waals surface area contributed by atoms with Crippen LogP contribution in [-0.2, 0) is 4.79 Å². The van der Waals surface area contributed by atoms with E-state index in [1.807, 2.05) is 36.0 Å². The molecule has 108 valence electrons. The first-order valence-corrected chi connectivity index (χ1v) is 7.88. The third-order valence-electron chi connectivity index (χ3n) is 2.92. The molecule has 1 heterocycles. The van der Waals surface area contributed by atoms with E-state index in [1.54, 1.807) is 6.08 Å². The molecule has 1 amide bonds. The van der Waals surface area contributed by atoms with Crippen LogP contribution in [0.4, 0.5) is 5.69 Å². The second kappa shape index (κ2) is 7.97. The zero-order valence-corrected chi connectivity index (χ0v) is 12.2. The summed E-state index contributed by atoms with van der Waals surface area (Å²) >= 11 is 1.89. The van der Waals surface area contributed by atoms with E-state index < -0.39 is 0 Å².